The number of nitrogens with one attached hydrogen (secondary N) is 1. The predicted octanol–water partition coefficient (Wildman–Crippen LogP) is 4.55. The molecule has 0 aliphatic carbocycles. The number of esters is 1. The highest BCUT2D eigenvalue weighted by atomic mass is 32.1. The standard InChI is InChI=1S/C23H23FN2O3S/c1-4-13-26-14(2)20(15(3)27)21(25-23(26)30)16-7-11-19(12-8-16)29-22(28)17-5-9-18(24)10-6-17/h5-12,21H,4,13H2,1-3H3,(H,25,30). The van der Waals surface area contributed by atoms with E-state index in [4.69, 9.17) is 17.0 Å². The Kier molecular flexibility index (Phi) is 6.62. The van der Waals surface area contributed by atoms with Crippen molar-refractivity contribution in [3.05, 3.63) is 76.7 Å². The summed E-state index contributed by atoms with van der Waals surface area (Å²) in [6.45, 7) is 6.25. The van der Waals surface area contributed by atoms with Crippen LogP contribution in [-0.2, 0) is 4.79 Å². The summed E-state index contributed by atoms with van der Waals surface area (Å²) >= 11 is 5.51. The molecular weight excluding hydrogens is 403 g/mol. The van der Waals surface area contributed by atoms with E-state index in [-0.39, 0.29) is 17.4 Å². The molecule has 30 heavy (non-hydrogen) atoms. The fraction of sp³-hybridized carbons (Fsp3) is 0.261. The largest absolute Gasteiger partial charge is 0.423 e. The topological polar surface area (TPSA) is 58.6 Å². The number of hydrogen-bond donors (Lipinski definition) is 1. The maximum absolute atomic E-state index is 13.0. The first-order chi connectivity index (χ1) is 14.3. The summed E-state index contributed by atoms with van der Waals surface area (Å²) in [5.74, 6) is -0.671. The van der Waals surface area contributed by atoms with E-state index in [1.807, 2.05) is 11.8 Å². The summed E-state index contributed by atoms with van der Waals surface area (Å²) in [5, 5.41) is 3.84. The van der Waals surface area contributed by atoms with Crippen molar-refractivity contribution in [1.82, 2.24) is 10.2 Å². The molecule has 0 bridgehead atoms. The third-order valence-corrected chi connectivity index (χ3v) is 5.26. The third kappa shape index (κ3) is 4.57. The molecule has 2 aromatic carbocycles. The Morgan fingerprint density at radius 3 is 2.33 bits per heavy atom. The quantitative estimate of drug-likeness (QED) is 0.416. The maximum atomic E-state index is 13.0. The summed E-state index contributed by atoms with van der Waals surface area (Å²) in [6, 6.07) is 11.7. The van der Waals surface area contributed by atoms with Gasteiger partial charge >= 0.3 is 5.97 Å². The van der Waals surface area contributed by atoms with Crippen molar-refractivity contribution in [1.29, 1.82) is 0 Å². The van der Waals surface area contributed by atoms with E-state index < -0.39 is 11.8 Å². The number of ether oxygens (including phenoxy) is 1. The van der Waals surface area contributed by atoms with Gasteiger partial charge in [0.1, 0.15) is 11.6 Å². The second-order valence-corrected chi connectivity index (χ2v) is 7.44. The molecule has 2 aromatic rings. The smallest absolute Gasteiger partial charge is 0.343 e. The van der Waals surface area contributed by atoms with Crippen LogP contribution in [0.5, 0.6) is 5.75 Å². The number of benzene rings is 2. The highest BCUT2D eigenvalue weighted by Gasteiger charge is 2.31. The predicted molar refractivity (Wildman–Crippen MR) is 117 cm³/mol. The number of thiocarbonyl (C=S) groups is 1. The highest BCUT2D eigenvalue weighted by Crippen LogP contribution is 2.32. The average molecular weight is 427 g/mol. The molecule has 0 spiro atoms. The lowest BCUT2D eigenvalue weighted by Gasteiger charge is -2.37. The van der Waals surface area contributed by atoms with Crippen molar-refractivity contribution in [2.45, 2.75) is 33.2 Å². The number of halogens is 1. The van der Waals surface area contributed by atoms with Gasteiger partial charge in [-0.25, -0.2) is 9.18 Å². The normalized spacial score (nSPS) is 16.3. The van der Waals surface area contributed by atoms with Crippen LogP contribution in [0.4, 0.5) is 4.39 Å². The molecule has 0 saturated heterocycles. The number of nitrogens with zero attached hydrogens (tertiary/aromatic N) is 1. The summed E-state index contributed by atoms with van der Waals surface area (Å²) in [7, 11) is 0. The molecule has 1 atom stereocenters. The number of carbonyl (C=O) groups is 2. The molecule has 1 heterocycles. The lowest BCUT2D eigenvalue weighted by Crippen LogP contribution is -2.47. The minimum Gasteiger partial charge on any atom is -0.423 e. The minimum absolute atomic E-state index is 0.0274. The molecule has 5 nitrogen and oxygen atoms in total. The van der Waals surface area contributed by atoms with Crippen LogP contribution in [0, 0.1) is 5.82 Å². The number of ketones is 1. The number of Topliss-reactive ketones (excluding diaryl/α,β-unsaturated/α-hetero) is 1. The monoisotopic (exact) mass is 426 g/mol. The molecule has 3 rings (SSSR count). The van der Waals surface area contributed by atoms with Gasteiger partial charge in [-0.1, -0.05) is 19.1 Å². The van der Waals surface area contributed by atoms with E-state index >= 15 is 0 Å². The number of hydrogen-bond acceptors (Lipinski definition) is 4. The van der Waals surface area contributed by atoms with Crippen LogP contribution >= 0.6 is 12.2 Å². The van der Waals surface area contributed by atoms with Crippen LogP contribution in [0.1, 0.15) is 49.2 Å². The van der Waals surface area contributed by atoms with Gasteiger partial charge in [0.2, 0.25) is 0 Å². The molecule has 1 aliphatic heterocycles. The Labute approximate surface area is 180 Å². The van der Waals surface area contributed by atoms with Gasteiger partial charge in [0.15, 0.2) is 10.9 Å². The molecule has 1 aliphatic rings. The van der Waals surface area contributed by atoms with E-state index in [9.17, 15) is 14.0 Å². The van der Waals surface area contributed by atoms with E-state index in [2.05, 4.69) is 12.2 Å². The van der Waals surface area contributed by atoms with Gasteiger partial charge in [0, 0.05) is 17.8 Å². The van der Waals surface area contributed by atoms with Crippen molar-refractivity contribution in [3.8, 4) is 5.75 Å². The van der Waals surface area contributed by atoms with Gasteiger partial charge in [0.25, 0.3) is 0 Å². The molecule has 0 amide bonds. The zero-order chi connectivity index (χ0) is 21.8. The fourth-order valence-electron chi connectivity index (χ4n) is 3.46. The lowest BCUT2D eigenvalue weighted by atomic mass is 9.92. The van der Waals surface area contributed by atoms with Crippen molar-refractivity contribution < 1.29 is 18.7 Å². The summed E-state index contributed by atoms with van der Waals surface area (Å²) in [6.07, 6.45) is 0.906. The fourth-order valence-corrected chi connectivity index (χ4v) is 3.81. The average Bonchev–Trinajstić information content (AvgIpc) is 2.71. The Bertz CT molecular complexity index is 1000. The Morgan fingerprint density at radius 1 is 1.13 bits per heavy atom. The van der Waals surface area contributed by atoms with Crippen LogP contribution in [0.25, 0.3) is 0 Å². The Balaban J connectivity index is 1.82. The summed E-state index contributed by atoms with van der Waals surface area (Å²) in [4.78, 5) is 26.5. The SMILES string of the molecule is CCCN1C(=S)NC(c2ccc(OC(=O)c3ccc(F)cc3)cc2)C(C(C)=O)=C1C. The van der Waals surface area contributed by atoms with E-state index in [0.717, 1.165) is 24.2 Å². The highest BCUT2D eigenvalue weighted by molar-refractivity contribution is 7.80. The molecule has 1 unspecified atom stereocenters. The summed E-state index contributed by atoms with van der Waals surface area (Å²) in [5.41, 5.74) is 2.60. The van der Waals surface area contributed by atoms with E-state index in [1.165, 1.54) is 24.3 Å². The maximum Gasteiger partial charge on any atom is 0.343 e. The van der Waals surface area contributed by atoms with E-state index in [1.54, 1.807) is 31.2 Å². The molecular formula is C23H23FN2O3S. The van der Waals surface area contributed by atoms with Gasteiger partial charge in [0.05, 0.1) is 11.6 Å². The second-order valence-electron chi connectivity index (χ2n) is 7.05. The molecule has 0 radical (unpaired) electrons. The van der Waals surface area contributed by atoms with Gasteiger partial charge in [-0.05, 0) is 74.4 Å². The van der Waals surface area contributed by atoms with E-state index in [0.29, 0.717) is 16.4 Å². The van der Waals surface area contributed by atoms with Crippen molar-refractivity contribution in [3.63, 3.8) is 0 Å². The van der Waals surface area contributed by atoms with Crippen LogP contribution < -0.4 is 10.1 Å². The van der Waals surface area contributed by atoms with Crippen LogP contribution in [0.3, 0.4) is 0 Å². The molecule has 156 valence electrons. The third-order valence-electron chi connectivity index (χ3n) is 4.93. The second kappa shape index (κ2) is 9.17. The summed E-state index contributed by atoms with van der Waals surface area (Å²) < 4.78 is 18.4. The molecule has 0 fully saturated rings. The zero-order valence-corrected chi connectivity index (χ0v) is 17.9. The van der Waals surface area contributed by atoms with Gasteiger partial charge in [-0.3, -0.25) is 4.79 Å². The molecule has 7 heteroatoms. The first-order valence-corrected chi connectivity index (χ1v) is 10.1. The van der Waals surface area contributed by atoms with Crippen LogP contribution in [-0.4, -0.2) is 28.3 Å². The minimum atomic E-state index is -0.574. The molecule has 0 aromatic heterocycles. The lowest BCUT2D eigenvalue weighted by molar-refractivity contribution is -0.114. The molecule has 1 N–H and O–H groups in total. The van der Waals surface area contributed by atoms with Crippen LogP contribution in [0.15, 0.2) is 59.8 Å². The number of allylic oxidation sites excluding steroid dienone is 1. The van der Waals surface area contributed by atoms with Crippen molar-refractivity contribution in [2.75, 3.05) is 6.54 Å². The van der Waals surface area contributed by atoms with Gasteiger partial charge in [-0.15, -0.1) is 0 Å². The molecule has 0 saturated carbocycles. The first-order valence-electron chi connectivity index (χ1n) is 9.69. The number of rotatable bonds is 6. The van der Waals surface area contributed by atoms with Crippen molar-refractivity contribution in [2.24, 2.45) is 0 Å². The Morgan fingerprint density at radius 2 is 1.77 bits per heavy atom. The Hall–Kier alpha value is -3.06. The number of carbonyl (C=O) groups excluding carboxylic acids is 2. The van der Waals surface area contributed by atoms with Crippen molar-refractivity contribution >= 4 is 29.1 Å². The zero-order valence-electron chi connectivity index (χ0n) is 17.1. The van der Waals surface area contributed by atoms with Gasteiger partial charge in [-0.2, -0.15) is 0 Å². The van der Waals surface area contributed by atoms with Crippen LogP contribution in [0.2, 0.25) is 0 Å². The van der Waals surface area contributed by atoms with Gasteiger partial charge < -0.3 is 15.0 Å². The first kappa shape index (κ1) is 21.6.